The van der Waals surface area contributed by atoms with Crippen LogP contribution in [0.15, 0.2) is 47.6 Å². The molecular formula is C20H22N6O2. The van der Waals surface area contributed by atoms with Gasteiger partial charge in [0.05, 0.1) is 12.2 Å². The number of aryl methyl sites for hydroxylation is 1. The Morgan fingerprint density at radius 3 is 2.96 bits per heavy atom. The maximum atomic E-state index is 12.4. The molecule has 0 aliphatic carbocycles. The molecule has 1 saturated heterocycles. The van der Waals surface area contributed by atoms with E-state index >= 15 is 0 Å². The predicted molar refractivity (Wildman–Crippen MR) is 104 cm³/mol. The van der Waals surface area contributed by atoms with Crippen molar-refractivity contribution in [2.45, 2.75) is 25.7 Å². The Labute approximate surface area is 163 Å². The smallest absolute Gasteiger partial charge is 0.239 e. The van der Waals surface area contributed by atoms with Gasteiger partial charge in [-0.2, -0.15) is 0 Å². The molecule has 8 heteroatoms. The van der Waals surface area contributed by atoms with Crippen molar-refractivity contribution in [3.8, 4) is 11.1 Å². The van der Waals surface area contributed by atoms with Crippen LogP contribution in [0, 0.1) is 6.92 Å². The zero-order valence-corrected chi connectivity index (χ0v) is 15.7. The van der Waals surface area contributed by atoms with Gasteiger partial charge in [0.25, 0.3) is 0 Å². The lowest BCUT2D eigenvalue weighted by Crippen LogP contribution is -2.40. The number of nitrogens with zero attached hydrogens (tertiary/aromatic N) is 5. The molecule has 1 unspecified atom stereocenters. The average molecular weight is 378 g/mol. The third-order valence-corrected chi connectivity index (χ3v) is 4.89. The second kappa shape index (κ2) is 8.26. The van der Waals surface area contributed by atoms with E-state index < -0.39 is 0 Å². The summed E-state index contributed by atoms with van der Waals surface area (Å²) in [4.78, 5) is 27.4. The largest absolute Gasteiger partial charge is 0.360 e. The highest BCUT2D eigenvalue weighted by Gasteiger charge is 2.26. The predicted octanol–water partition coefficient (Wildman–Crippen LogP) is 2.65. The second-order valence-electron chi connectivity index (χ2n) is 7.00. The van der Waals surface area contributed by atoms with Crippen molar-refractivity contribution in [3.63, 3.8) is 0 Å². The second-order valence-corrected chi connectivity index (χ2v) is 7.00. The van der Waals surface area contributed by atoms with Crippen molar-refractivity contribution in [1.82, 2.24) is 25.0 Å². The molecule has 0 radical (unpaired) electrons. The van der Waals surface area contributed by atoms with Gasteiger partial charge in [-0.25, -0.2) is 9.97 Å². The van der Waals surface area contributed by atoms with Gasteiger partial charge in [0.1, 0.15) is 12.1 Å². The molecular weight excluding hydrogens is 356 g/mol. The van der Waals surface area contributed by atoms with E-state index in [1.807, 2.05) is 18.3 Å². The normalized spacial score (nSPS) is 17.4. The van der Waals surface area contributed by atoms with E-state index in [4.69, 9.17) is 4.52 Å². The van der Waals surface area contributed by atoms with Gasteiger partial charge in [-0.1, -0.05) is 5.16 Å². The molecule has 3 aromatic heterocycles. The van der Waals surface area contributed by atoms with E-state index in [1.165, 1.54) is 0 Å². The van der Waals surface area contributed by atoms with Crippen LogP contribution in [-0.2, 0) is 4.79 Å². The molecule has 0 saturated carbocycles. The standard InChI is InChI=1S/C20H22N6O2/c1-14-9-18(25-28-14)24-19(27)12-26-8-2-3-16(11-26)20-17(10-22-13-23-20)15-4-6-21-7-5-15/h4-7,9-10,13,16H,2-3,8,11-12H2,1H3,(H,24,25,27). The van der Waals surface area contributed by atoms with E-state index in [-0.39, 0.29) is 11.8 Å². The first-order valence-electron chi connectivity index (χ1n) is 9.35. The van der Waals surface area contributed by atoms with Crippen molar-refractivity contribution >= 4 is 11.7 Å². The summed E-state index contributed by atoms with van der Waals surface area (Å²) in [6, 6.07) is 5.64. The average Bonchev–Trinajstić information content (AvgIpc) is 3.13. The summed E-state index contributed by atoms with van der Waals surface area (Å²) >= 11 is 0. The van der Waals surface area contributed by atoms with Crippen molar-refractivity contribution in [2.24, 2.45) is 0 Å². The van der Waals surface area contributed by atoms with Gasteiger partial charge < -0.3 is 9.84 Å². The molecule has 1 fully saturated rings. The van der Waals surface area contributed by atoms with Crippen molar-refractivity contribution < 1.29 is 9.32 Å². The number of anilines is 1. The van der Waals surface area contributed by atoms with E-state index in [9.17, 15) is 4.79 Å². The molecule has 144 valence electrons. The fourth-order valence-corrected chi connectivity index (χ4v) is 3.65. The van der Waals surface area contributed by atoms with Crippen LogP contribution in [-0.4, -0.2) is 50.5 Å². The number of amides is 1. The van der Waals surface area contributed by atoms with Gasteiger partial charge in [0, 0.05) is 42.7 Å². The number of piperidine rings is 1. The number of likely N-dealkylation sites (tertiary alicyclic amines) is 1. The van der Waals surface area contributed by atoms with E-state index in [2.05, 4.69) is 30.3 Å². The number of hydrogen-bond donors (Lipinski definition) is 1. The van der Waals surface area contributed by atoms with Crippen LogP contribution in [0.2, 0.25) is 0 Å². The Hall–Kier alpha value is -3.13. The maximum absolute atomic E-state index is 12.4. The quantitative estimate of drug-likeness (QED) is 0.729. The molecule has 0 bridgehead atoms. The number of pyridine rings is 1. The van der Waals surface area contributed by atoms with Crippen molar-refractivity contribution in [2.75, 3.05) is 25.0 Å². The molecule has 1 aliphatic heterocycles. The van der Waals surface area contributed by atoms with Gasteiger partial charge in [0.15, 0.2) is 5.82 Å². The minimum atomic E-state index is -0.0917. The summed E-state index contributed by atoms with van der Waals surface area (Å²) in [5.41, 5.74) is 3.11. The fourth-order valence-electron chi connectivity index (χ4n) is 3.65. The van der Waals surface area contributed by atoms with Gasteiger partial charge in [-0.15, -0.1) is 0 Å². The summed E-state index contributed by atoms with van der Waals surface area (Å²) < 4.78 is 4.99. The Kier molecular flexibility index (Phi) is 5.38. The van der Waals surface area contributed by atoms with Crippen LogP contribution in [0.4, 0.5) is 5.82 Å². The van der Waals surface area contributed by atoms with E-state index in [1.54, 1.807) is 31.7 Å². The van der Waals surface area contributed by atoms with Crippen molar-refractivity contribution in [3.05, 3.63) is 54.6 Å². The Morgan fingerprint density at radius 1 is 1.32 bits per heavy atom. The zero-order chi connectivity index (χ0) is 19.3. The topological polar surface area (TPSA) is 97.0 Å². The van der Waals surface area contributed by atoms with Crippen LogP contribution >= 0.6 is 0 Å². The number of nitrogens with one attached hydrogen (secondary N) is 1. The van der Waals surface area contributed by atoms with Crippen LogP contribution in [0.1, 0.15) is 30.2 Å². The number of hydrogen-bond acceptors (Lipinski definition) is 7. The summed E-state index contributed by atoms with van der Waals surface area (Å²) in [6.07, 6.45) is 9.05. The SMILES string of the molecule is Cc1cc(NC(=O)CN2CCCC(c3ncncc3-c3ccncc3)C2)no1. The third kappa shape index (κ3) is 4.23. The molecule has 0 aromatic carbocycles. The molecule has 1 N–H and O–H groups in total. The van der Waals surface area contributed by atoms with Crippen molar-refractivity contribution in [1.29, 1.82) is 0 Å². The minimum absolute atomic E-state index is 0.0917. The van der Waals surface area contributed by atoms with Crippen LogP contribution in [0.25, 0.3) is 11.1 Å². The molecule has 3 aromatic rings. The molecule has 4 rings (SSSR count). The highest BCUT2D eigenvalue weighted by molar-refractivity contribution is 5.91. The Bertz CT molecular complexity index is 943. The summed E-state index contributed by atoms with van der Waals surface area (Å²) in [5, 5.41) is 6.59. The molecule has 4 heterocycles. The third-order valence-electron chi connectivity index (χ3n) is 4.89. The monoisotopic (exact) mass is 378 g/mol. The number of aromatic nitrogens is 4. The Balaban J connectivity index is 1.45. The minimum Gasteiger partial charge on any atom is -0.360 e. The van der Waals surface area contributed by atoms with Gasteiger partial charge in [-0.3, -0.25) is 14.7 Å². The highest BCUT2D eigenvalue weighted by atomic mass is 16.5. The summed E-state index contributed by atoms with van der Waals surface area (Å²) in [7, 11) is 0. The summed E-state index contributed by atoms with van der Waals surface area (Å²) in [6.45, 7) is 3.77. The van der Waals surface area contributed by atoms with Crippen LogP contribution in [0.5, 0.6) is 0 Å². The lowest BCUT2D eigenvalue weighted by atomic mass is 9.90. The lowest BCUT2D eigenvalue weighted by molar-refractivity contribution is -0.117. The molecule has 1 aliphatic rings. The zero-order valence-electron chi connectivity index (χ0n) is 15.7. The molecule has 8 nitrogen and oxygen atoms in total. The van der Waals surface area contributed by atoms with Gasteiger partial charge in [-0.05, 0) is 44.0 Å². The highest BCUT2D eigenvalue weighted by Crippen LogP contribution is 2.32. The number of carbonyl (C=O) groups excluding carboxylic acids is 1. The molecule has 28 heavy (non-hydrogen) atoms. The van der Waals surface area contributed by atoms with E-state index in [0.717, 1.165) is 42.8 Å². The molecule has 1 amide bonds. The first-order valence-corrected chi connectivity index (χ1v) is 9.35. The fraction of sp³-hybridized carbons (Fsp3) is 0.350. The summed E-state index contributed by atoms with van der Waals surface area (Å²) in [5.74, 6) is 1.28. The van der Waals surface area contributed by atoms with Gasteiger partial charge >= 0.3 is 0 Å². The Morgan fingerprint density at radius 2 is 2.18 bits per heavy atom. The first-order chi connectivity index (χ1) is 13.7. The van der Waals surface area contributed by atoms with E-state index in [0.29, 0.717) is 18.1 Å². The first kappa shape index (κ1) is 18.2. The molecule has 0 spiro atoms. The van der Waals surface area contributed by atoms with Crippen LogP contribution < -0.4 is 5.32 Å². The number of rotatable bonds is 5. The lowest BCUT2D eigenvalue weighted by Gasteiger charge is -2.32. The number of carbonyl (C=O) groups is 1. The van der Waals surface area contributed by atoms with Gasteiger partial charge in [0.2, 0.25) is 5.91 Å². The maximum Gasteiger partial charge on any atom is 0.239 e. The van der Waals surface area contributed by atoms with Crippen LogP contribution in [0.3, 0.4) is 0 Å². The molecule has 1 atom stereocenters.